The van der Waals surface area contributed by atoms with Gasteiger partial charge in [-0.05, 0) is 67.8 Å². The molecule has 4 rings (SSSR count). The number of aromatic nitrogens is 2. The SMILES string of the molecule is CC(C)CCN(C(=O)c1ccccc1F)C(C)c1nc2ccccc2c(=O)n1-c1ccc(F)cc1. The standard InChI is InChI=1S/C28H27F2N3O2/c1-18(2)16-17-32(27(34)22-8-4-6-10-24(22)30)19(3)26-31-25-11-7-5-9-23(25)28(35)33(26)21-14-12-20(29)13-15-21/h4-15,18-19H,16-17H2,1-3H3. The average molecular weight is 476 g/mol. The summed E-state index contributed by atoms with van der Waals surface area (Å²) >= 11 is 0. The quantitative estimate of drug-likeness (QED) is 0.334. The molecule has 0 aliphatic rings. The molecule has 0 saturated carbocycles. The number of halogens is 2. The number of hydrogen-bond donors (Lipinski definition) is 0. The van der Waals surface area contributed by atoms with Crippen LogP contribution in [0.1, 0.15) is 49.4 Å². The first-order chi connectivity index (χ1) is 16.8. The largest absolute Gasteiger partial charge is 0.329 e. The highest BCUT2D eigenvalue weighted by molar-refractivity contribution is 5.94. The molecule has 0 aliphatic carbocycles. The lowest BCUT2D eigenvalue weighted by atomic mass is 10.1. The lowest BCUT2D eigenvalue weighted by molar-refractivity contribution is 0.0666. The van der Waals surface area contributed by atoms with Gasteiger partial charge in [0.2, 0.25) is 0 Å². The van der Waals surface area contributed by atoms with Gasteiger partial charge in [0.05, 0.1) is 28.2 Å². The summed E-state index contributed by atoms with van der Waals surface area (Å²) in [6.07, 6.45) is 0.679. The van der Waals surface area contributed by atoms with Crippen molar-refractivity contribution in [3.63, 3.8) is 0 Å². The van der Waals surface area contributed by atoms with E-state index in [9.17, 15) is 18.4 Å². The summed E-state index contributed by atoms with van der Waals surface area (Å²) in [5, 5.41) is 0.405. The lowest BCUT2D eigenvalue weighted by Crippen LogP contribution is -2.38. The number of benzene rings is 3. The van der Waals surface area contributed by atoms with Crippen LogP contribution < -0.4 is 5.56 Å². The van der Waals surface area contributed by atoms with E-state index in [0.29, 0.717) is 41.3 Å². The van der Waals surface area contributed by atoms with Crippen LogP contribution >= 0.6 is 0 Å². The van der Waals surface area contributed by atoms with Crippen LogP contribution in [0.15, 0.2) is 77.6 Å². The molecule has 0 radical (unpaired) electrons. The smallest absolute Gasteiger partial charge is 0.266 e. The first-order valence-electron chi connectivity index (χ1n) is 11.6. The molecule has 0 fully saturated rings. The first kappa shape index (κ1) is 24.3. The van der Waals surface area contributed by atoms with Gasteiger partial charge in [-0.25, -0.2) is 13.8 Å². The zero-order chi connectivity index (χ0) is 25.1. The number of hydrogen-bond acceptors (Lipinski definition) is 3. The molecular weight excluding hydrogens is 448 g/mol. The summed E-state index contributed by atoms with van der Waals surface area (Å²) in [5.41, 5.74) is 0.546. The van der Waals surface area contributed by atoms with E-state index in [0.717, 1.165) is 0 Å². The molecule has 3 aromatic carbocycles. The van der Waals surface area contributed by atoms with Gasteiger partial charge in [-0.3, -0.25) is 14.2 Å². The van der Waals surface area contributed by atoms with Crippen LogP contribution in [0.25, 0.3) is 16.6 Å². The Morgan fingerprint density at radius 1 is 0.943 bits per heavy atom. The topological polar surface area (TPSA) is 55.2 Å². The normalized spacial score (nSPS) is 12.2. The monoisotopic (exact) mass is 475 g/mol. The van der Waals surface area contributed by atoms with Gasteiger partial charge in [-0.2, -0.15) is 0 Å². The van der Waals surface area contributed by atoms with Crippen molar-refractivity contribution in [2.75, 3.05) is 6.54 Å². The van der Waals surface area contributed by atoms with Crippen molar-refractivity contribution in [3.8, 4) is 5.69 Å². The number of nitrogens with zero attached hydrogens (tertiary/aromatic N) is 3. The maximum Gasteiger partial charge on any atom is 0.266 e. The van der Waals surface area contributed by atoms with Crippen molar-refractivity contribution in [1.82, 2.24) is 14.5 Å². The Balaban J connectivity index is 1.91. The fourth-order valence-electron chi connectivity index (χ4n) is 4.07. The molecule has 0 aliphatic heterocycles. The zero-order valence-electron chi connectivity index (χ0n) is 19.9. The molecule has 7 heteroatoms. The third-order valence-electron chi connectivity index (χ3n) is 6.04. The lowest BCUT2D eigenvalue weighted by Gasteiger charge is -2.31. The Morgan fingerprint density at radius 2 is 1.60 bits per heavy atom. The molecule has 1 aromatic heterocycles. The Bertz CT molecular complexity index is 1410. The molecule has 0 N–H and O–H groups in total. The molecule has 1 atom stereocenters. The predicted octanol–water partition coefficient (Wildman–Crippen LogP) is 5.91. The van der Waals surface area contributed by atoms with E-state index < -0.39 is 23.6 Å². The van der Waals surface area contributed by atoms with E-state index in [-0.39, 0.29) is 11.1 Å². The van der Waals surface area contributed by atoms with Crippen LogP contribution in [-0.4, -0.2) is 26.9 Å². The molecule has 1 unspecified atom stereocenters. The molecule has 4 aromatic rings. The number of amides is 1. The summed E-state index contributed by atoms with van der Waals surface area (Å²) in [6.45, 7) is 6.20. The van der Waals surface area contributed by atoms with Crippen LogP contribution in [0.2, 0.25) is 0 Å². The van der Waals surface area contributed by atoms with E-state index in [1.165, 1.54) is 47.0 Å². The van der Waals surface area contributed by atoms with Crippen molar-refractivity contribution in [2.24, 2.45) is 5.92 Å². The maximum absolute atomic E-state index is 14.6. The molecule has 35 heavy (non-hydrogen) atoms. The Hall–Kier alpha value is -3.87. The molecule has 5 nitrogen and oxygen atoms in total. The Kier molecular flexibility index (Phi) is 7.05. The summed E-state index contributed by atoms with van der Waals surface area (Å²) in [4.78, 5) is 33.5. The van der Waals surface area contributed by atoms with E-state index in [1.54, 1.807) is 42.2 Å². The molecule has 0 saturated heterocycles. The predicted molar refractivity (Wildman–Crippen MR) is 133 cm³/mol. The maximum atomic E-state index is 14.6. The molecule has 0 spiro atoms. The van der Waals surface area contributed by atoms with Crippen LogP contribution in [0.5, 0.6) is 0 Å². The summed E-state index contributed by atoms with van der Waals surface area (Å²) in [6, 6.07) is 17.7. The highest BCUT2D eigenvalue weighted by Gasteiger charge is 2.29. The van der Waals surface area contributed by atoms with E-state index in [4.69, 9.17) is 4.98 Å². The van der Waals surface area contributed by atoms with Crippen LogP contribution in [-0.2, 0) is 0 Å². The van der Waals surface area contributed by atoms with Crippen molar-refractivity contribution in [1.29, 1.82) is 0 Å². The fraction of sp³-hybridized carbons (Fsp3) is 0.250. The number of carbonyl (C=O) groups is 1. The summed E-state index contributed by atoms with van der Waals surface area (Å²) in [7, 11) is 0. The number of carbonyl (C=O) groups excluding carboxylic acids is 1. The van der Waals surface area contributed by atoms with Gasteiger partial charge in [-0.1, -0.05) is 38.1 Å². The second-order valence-corrected chi connectivity index (χ2v) is 8.94. The fourth-order valence-corrected chi connectivity index (χ4v) is 4.07. The second-order valence-electron chi connectivity index (χ2n) is 8.94. The Morgan fingerprint density at radius 3 is 2.29 bits per heavy atom. The second kappa shape index (κ2) is 10.2. The van der Waals surface area contributed by atoms with Crippen LogP contribution in [0.3, 0.4) is 0 Å². The van der Waals surface area contributed by atoms with Gasteiger partial charge in [0.15, 0.2) is 0 Å². The number of para-hydroxylation sites is 1. The third-order valence-corrected chi connectivity index (χ3v) is 6.04. The average Bonchev–Trinajstić information content (AvgIpc) is 2.84. The molecule has 180 valence electrons. The number of rotatable bonds is 7. The van der Waals surface area contributed by atoms with Gasteiger partial charge in [-0.15, -0.1) is 0 Å². The van der Waals surface area contributed by atoms with Gasteiger partial charge >= 0.3 is 0 Å². The van der Waals surface area contributed by atoms with Gasteiger partial charge in [0.1, 0.15) is 17.5 Å². The van der Waals surface area contributed by atoms with Crippen molar-refractivity contribution < 1.29 is 13.6 Å². The minimum Gasteiger partial charge on any atom is -0.329 e. The first-order valence-corrected chi connectivity index (χ1v) is 11.6. The van der Waals surface area contributed by atoms with E-state index in [1.807, 2.05) is 13.8 Å². The summed E-state index contributed by atoms with van der Waals surface area (Å²) in [5.74, 6) is -0.917. The minimum atomic E-state index is -0.678. The highest BCUT2D eigenvalue weighted by atomic mass is 19.1. The molecule has 0 bridgehead atoms. The molecule has 1 amide bonds. The zero-order valence-corrected chi connectivity index (χ0v) is 19.9. The number of fused-ring (bicyclic) bond motifs is 1. The highest BCUT2D eigenvalue weighted by Crippen LogP contribution is 2.26. The van der Waals surface area contributed by atoms with Gasteiger partial charge in [0.25, 0.3) is 11.5 Å². The van der Waals surface area contributed by atoms with E-state index >= 15 is 0 Å². The van der Waals surface area contributed by atoms with Crippen molar-refractivity contribution in [2.45, 2.75) is 33.2 Å². The summed E-state index contributed by atoms with van der Waals surface area (Å²) < 4.78 is 29.6. The van der Waals surface area contributed by atoms with Crippen LogP contribution in [0.4, 0.5) is 8.78 Å². The Labute approximate surface area is 202 Å². The van der Waals surface area contributed by atoms with Crippen molar-refractivity contribution >= 4 is 16.8 Å². The van der Waals surface area contributed by atoms with Gasteiger partial charge in [0, 0.05) is 6.54 Å². The van der Waals surface area contributed by atoms with Crippen molar-refractivity contribution in [3.05, 3.63) is 106 Å². The molecule has 1 heterocycles. The third kappa shape index (κ3) is 4.99. The van der Waals surface area contributed by atoms with Gasteiger partial charge < -0.3 is 4.90 Å². The van der Waals surface area contributed by atoms with Crippen LogP contribution in [0, 0.1) is 17.6 Å². The molecular formula is C28H27F2N3O2. The van der Waals surface area contributed by atoms with E-state index in [2.05, 4.69) is 0 Å². The minimum absolute atomic E-state index is 0.0421.